The van der Waals surface area contributed by atoms with Crippen molar-refractivity contribution in [3.63, 3.8) is 0 Å². The zero-order valence-corrected chi connectivity index (χ0v) is 19.2. The Kier molecular flexibility index (Phi) is 7.59. The van der Waals surface area contributed by atoms with E-state index in [0.29, 0.717) is 37.0 Å². The number of nitrogens with two attached hydrogens (primary N) is 1. The average Bonchev–Trinajstić information content (AvgIpc) is 2.68. The number of hydrogen-bond donors (Lipinski definition) is 2. The van der Waals surface area contributed by atoms with Crippen LogP contribution in [0.3, 0.4) is 0 Å². The molecule has 3 rings (SSSR count). The molecular weight excluding hydrogens is 414 g/mol. The molecule has 2 aromatic rings. The van der Waals surface area contributed by atoms with Crippen LogP contribution in [0.15, 0.2) is 33.5 Å². The van der Waals surface area contributed by atoms with Gasteiger partial charge in [-0.2, -0.15) is 0 Å². The number of fused-ring (bicyclic) bond motifs is 1. The summed E-state index contributed by atoms with van der Waals surface area (Å²) in [5.41, 5.74) is 1.91. The van der Waals surface area contributed by atoms with Crippen LogP contribution in [0, 0.1) is 0 Å². The fourth-order valence-electron chi connectivity index (χ4n) is 4.73. The van der Waals surface area contributed by atoms with Gasteiger partial charge < -0.3 is 9.52 Å². The monoisotopic (exact) mass is 447 g/mol. The van der Waals surface area contributed by atoms with Crippen molar-refractivity contribution in [3.8, 4) is 5.75 Å². The van der Waals surface area contributed by atoms with Crippen molar-refractivity contribution >= 4 is 10.0 Å². The fourth-order valence-corrected chi connectivity index (χ4v) is 5.72. The van der Waals surface area contributed by atoms with Gasteiger partial charge in [0.2, 0.25) is 10.0 Å². The van der Waals surface area contributed by atoms with Crippen LogP contribution in [0.4, 0.5) is 0 Å². The molecule has 1 aromatic carbocycles. The molecule has 0 fully saturated rings. The van der Waals surface area contributed by atoms with Crippen LogP contribution in [0.5, 0.6) is 5.75 Å². The van der Waals surface area contributed by atoms with Gasteiger partial charge in [-0.15, -0.1) is 0 Å². The van der Waals surface area contributed by atoms with Gasteiger partial charge in [-0.25, -0.2) is 18.4 Å². The molecule has 0 spiro atoms. The number of aromatic hydroxyl groups is 1. The Morgan fingerprint density at radius 2 is 1.77 bits per heavy atom. The van der Waals surface area contributed by atoms with Gasteiger partial charge in [0, 0.05) is 17.9 Å². The Labute approximate surface area is 184 Å². The molecule has 0 radical (unpaired) electrons. The van der Waals surface area contributed by atoms with Crippen LogP contribution in [0.2, 0.25) is 0 Å². The lowest BCUT2D eigenvalue weighted by Crippen LogP contribution is -2.22. The van der Waals surface area contributed by atoms with Gasteiger partial charge in [0.25, 0.3) is 0 Å². The third-order valence-electron chi connectivity index (χ3n) is 6.27. The van der Waals surface area contributed by atoms with E-state index < -0.39 is 20.9 Å². The topological polar surface area (TPSA) is 111 Å². The largest absolute Gasteiger partial charge is 0.507 e. The van der Waals surface area contributed by atoms with Crippen molar-refractivity contribution in [1.82, 2.24) is 0 Å². The van der Waals surface area contributed by atoms with Gasteiger partial charge in [0.05, 0.1) is 10.8 Å². The smallest absolute Gasteiger partial charge is 0.343 e. The van der Waals surface area contributed by atoms with Gasteiger partial charge in [0.1, 0.15) is 11.5 Å². The molecule has 1 heterocycles. The van der Waals surface area contributed by atoms with Gasteiger partial charge in [-0.3, -0.25) is 0 Å². The van der Waals surface area contributed by atoms with E-state index in [-0.39, 0.29) is 17.2 Å². The highest BCUT2D eigenvalue weighted by molar-refractivity contribution is 7.89. The quantitative estimate of drug-likeness (QED) is 0.640. The Bertz CT molecular complexity index is 1070. The lowest BCUT2D eigenvalue weighted by molar-refractivity contribution is 0.383. The predicted molar refractivity (Wildman–Crippen MR) is 122 cm³/mol. The van der Waals surface area contributed by atoms with Crippen LogP contribution in [0.1, 0.15) is 98.0 Å². The Balaban J connectivity index is 2.13. The Hall–Kier alpha value is -2.12. The van der Waals surface area contributed by atoms with Crippen molar-refractivity contribution < 1.29 is 17.9 Å². The number of primary sulfonamides is 1. The van der Waals surface area contributed by atoms with Crippen molar-refractivity contribution in [2.45, 2.75) is 82.8 Å². The van der Waals surface area contributed by atoms with Crippen molar-refractivity contribution in [3.05, 3.63) is 62.7 Å². The lowest BCUT2D eigenvalue weighted by Gasteiger charge is -2.22. The van der Waals surface area contributed by atoms with E-state index in [1.54, 1.807) is 25.1 Å². The number of aryl methyl sites for hydroxylation is 1. The van der Waals surface area contributed by atoms with E-state index in [0.717, 1.165) is 43.2 Å². The van der Waals surface area contributed by atoms with E-state index in [1.807, 2.05) is 13.0 Å². The van der Waals surface area contributed by atoms with Crippen LogP contribution in [-0.2, 0) is 22.9 Å². The third-order valence-corrected chi connectivity index (χ3v) is 7.67. The van der Waals surface area contributed by atoms with E-state index in [9.17, 15) is 18.3 Å². The number of rotatable bonds is 7. The summed E-state index contributed by atoms with van der Waals surface area (Å²) in [6.07, 6.45) is 7.23. The molecule has 0 saturated carbocycles. The highest BCUT2D eigenvalue weighted by atomic mass is 32.2. The summed E-state index contributed by atoms with van der Waals surface area (Å²) < 4.78 is 29.8. The Morgan fingerprint density at radius 3 is 2.42 bits per heavy atom. The van der Waals surface area contributed by atoms with Crippen LogP contribution >= 0.6 is 0 Å². The molecule has 6 nitrogen and oxygen atoms in total. The first-order chi connectivity index (χ1) is 14.8. The summed E-state index contributed by atoms with van der Waals surface area (Å²) in [5, 5.41) is 15.8. The second kappa shape index (κ2) is 10.0. The summed E-state index contributed by atoms with van der Waals surface area (Å²) in [6, 6.07) is 7.20. The van der Waals surface area contributed by atoms with E-state index in [2.05, 4.69) is 0 Å². The molecule has 0 saturated heterocycles. The molecule has 7 heteroatoms. The van der Waals surface area contributed by atoms with Gasteiger partial charge in [-0.1, -0.05) is 57.4 Å². The van der Waals surface area contributed by atoms with Crippen molar-refractivity contribution in [1.29, 1.82) is 0 Å². The summed E-state index contributed by atoms with van der Waals surface area (Å²) in [6.45, 7) is 3.79. The summed E-state index contributed by atoms with van der Waals surface area (Å²) >= 11 is 0. The van der Waals surface area contributed by atoms with E-state index >= 15 is 0 Å². The summed E-state index contributed by atoms with van der Waals surface area (Å²) in [4.78, 5) is 13.0. The minimum Gasteiger partial charge on any atom is -0.507 e. The number of benzene rings is 1. The molecular formula is C24H33NO5S. The van der Waals surface area contributed by atoms with E-state index in [1.165, 1.54) is 0 Å². The van der Waals surface area contributed by atoms with Crippen molar-refractivity contribution in [2.24, 2.45) is 5.14 Å². The fraction of sp³-hybridized carbons (Fsp3) is 0.542. The van der Waals surface area contributed by atoms with Crippen LogP contribution in [-0.4, -0.2) is 13.5 Å². The molecule has 2 atom stereocenters. The average molecular weight is 448 g/mol. The second-order valence-electron chi connectivity index (χ2n) is 8.47. The maximum atomic E-state index is 13.0. The maximum absolute atomic E-state index is 13.0. The number of sulfonamides is 1. The molecule has 2 unspecified atom stereocenters. The Morgan fingerprint density at radius 1 is 1.10 bits per heavy atom. The minimum atomic E-state index is -3.75. The van der Waals surface area contributed by atoms with Gasteiger partial charge in [0.15, 0.2) is 0 Å². The van der Waals surface area contributed by atoms with Gasteiger partial charge in [-0.05, 0) is 43.2 Å². The molecule has 31 heavy (non-hydrogen) atoms. The SMILES string of the molecule is CCCC(c1cccc(C(CC)S(N)(=O)=O)c1)c1c(O)c2c(oc1=O)CCCCCC2. The first-order valence-corrected chi connectivity index (χ1v) is 12.9. The standard InChI is InChI=1S/C24H33NO5S/c1-3-10-18(16-11-9-12-17(15-16)21(4-2)31(25,28)29)22-23(26)19-13-7-5-6-8-14-20(19)30-24(22)27/h9,11-12,15,18,21,26H,3-8,10,13-14H2,1-2H3,(H2,25,28,29). The molecule has 0 amide bonds. The van der Waals surface area contributed by atoms with Gasteiger partial charge >= 0.3 is 5.63 Å². The molecule has 0 aliphatic heterocycles. The third kappa shape index (κ3) is 5.21. The van der Waals surface area contributed by atoms with Crippen molar-refractivity contribution in [2.75, 3.05) is 0 Å². The number of hydrogen-bond acceptors (Lipinski definition) is 5. The normalized spacial score (nSPS) is 16.7. The molecule has 0 bridgehead atoms. The van der Waals surface area contributed by atoms with Crippen LogP contribution < -0.4 is 10.8 Å². The summed E-state index contributed by atoms with van der Waals surface area (Å²) in [5.74, 6) is 0.278. The zero-order valence-electron chi connectivity index (χ0n) is 18.4. The first-order valence-electron chi connectivity index (χ1n) is 11.3. The van der Waals surface area contributed by atoms with E-state index in [4.69, 9.17) is 9.56 Å². The maximum Gasteiger partial charge on any atom is 0.343 e. The highest BCUT2D eigenvalue weighted by Crippen LogP contribution is 2.38. The lowest BCUT2D eigenvalue weighted by atomic mass is 9.85. The highest BCUT2D eigenvalue weighted by Gasteiger charge is 2.28. The molecule has 170 valence electrons. The van der Waals surface area contributed by atoms with Crippen LogP contribution in [0.25, 0.3) is 0 Å². The second-order valence-corrected chi connectivity index (χ2v) is 10.2. The minimum absolute atomic E-state index is 0.0514. The zero-order chi connectivity index (χ0) is 22.6. The first kappa shape index (κ1) is 23.5. The molecule has 1 aliphatic carbocycles. The molecule has 1 aliphatic rings. The predicted octanol–water partition coefficient (Wildman–Crippen LogP) is 4.68. The molecule has 3 N–H and O–H groups in total. The summed E-state index contributed by atoms with van der Waals surface area (Å²) in [7, 11) is -3.75. The molecule has 1 aromatic heterocycles.